The number of fused-ring (bicyclic) bond motifs is 1. The Labute approximate surface area is 166 Å². The second-order valence-electron chi connectivity index (χ2n) is 5.97. The van der Waals surface area contributed by atoms with Crippen LogP contribution in [0.1, 0.15) is 10.4 Å². The number of amides is 1. The van der Waals surface area contributed by atoms with E-state index in [9.17, 15) is 19.7 Å². The van der Waals surface area contributed by atoms with Crippen LogP contribution >= 0.6 is 0 Å². The molecule has 0 atom stereocenters. The van der Waals surface area contributed by atoms with Crippen LogP contribution in [0.4, 0.5) is 11.4 Å². The van der Waals surface area contributed by atoms with Crippen LogP contribution in [0, 0.1) is 10.1 Å². The molecule has 0 spiro atoms. The average Bonchev–Trinajstić information content (AvgIpc) is 2.75. The van der Waals surface area contributed by atoms with Gasteiger partial charge in [-0.15, -0.1) is 6.58 Å². The fraction of sp³-hybridized carbons (Fsp3) is 0.200. The molecule has 0 unspecified atom stereocenters. The van der Waals surface area contributed by atoms with E-state index in [1.165, 1.54) is 11.0 Å². The van der Waals surface area contributed by atoms with E-state index in [1.54, 1.807) is 36.4 Å². The van der Waals surface area contributed by atoms with Crippen molar-refractivity contribution in [1.29, 1.82) is 0 Å². The number of anilines is 1. The summed E-state index contributed by atoms with van der Waals surface area (Å²) in [5.74, 6) is -1.12. The van der Waals surface area contributed by atoms with Gasteiger partial charge in [-0.25, -0.2) is 4.79 Å². The average molecular weight is 398 g/mol. The Morgan fingerprint density at radius 2 is 1.83 bits per heavy atom. The Morgan fingerprint density at radius 1 is 1.17 bits per heavy atom. The molecule has 1 amide bonds. The standard InChI is InChI=1S/C20H18N2O7/c1-2-8-21(14-6-4-3-5-7-14)19(23)13-29-20(24)15-11-17-18(28-10-9-27-17)12-16(15)22(25)26/h2-7,11-12H,1,8-10,13H2. The predicted octanol–water partition coefficient (Wildman–Crippen LogP) is 2.74. The van der Waals surface area contributed by atoms with E-state index in [0.717, 1.165) is 6.07 Å². The molecule has 9 nitrogen and oxygen atoms in total. The van der Waals surface area contributed by atoms with Crippen LogP contribution in [-0.2, 0) is 9.53 Å². The smallest absolute Gasteiger partial charge is 0.345 e. The molecule has 0 saturated carbocycles. The monoisotopic (exact) mass is 398 g/mol. The maximum Gasteiger partial charge on any atom is 0.345 e. The first-order chi connectivity index (χ1) is 14.0. The molecule has 0 aliphatic carbocycles. The minimum Gasteiger partial charge on any atom is -0.486 e. The summed E-state index contributed by atoms with van der Waals surface area (Å²) >= 11 is 0. The number of rotatable bonds is 7. The molecule has 1 heterocycles. The summed E-state index contributed by atoms with van der Waals surface area (Å²) in [6, 6.07) is 11.1. The van der Waals surface area contributed by atoms with Gasteiger partial charge in [-0.1, -0.05) is 24.3 Å². The van der Waals surface area contributed by atoms with Gasteiger partial charge in [-0.2, -0.15) is 0 Å². The highest BCUT2D eigenvalue weighted by molar-refractivity contribution is 5.99. The number of carbonyl (C=O) groups excluding carboxylic acids is 2. The first-order valence-electron chi connectivity index (χ1n) is 8.72. The van der Waals surface area contributed by atoms with E-state index in [2.05, 4.69) is 6.58 Å². The molecule has 0 saturated heterocycles. The third-order valence-electron chi connectivity index (χ3n) is 4.08. The summed E-state index contributed by atoms with van der Waals surface area (Å²) in [7, 11) is 0. The zero-order valence-electron chi connectivity index (χ0n) is 15.4. The lowest BCUT2D eigenvalue weighted by Crippen LogP contribution is -2.35. The van der Waals surface area contributed by atoms with Crippen molar-refractivity contribution in [3.05, 3.63) is 70.8 Å². The molecule has 1 aliphatic rings. The van der Waals surface area contributed by atoms with Gasteiger partial charge in [0.25, 0.3) is 11.6 Å². The third kappa shape index (κ3) is 4.52. The van der Waals surface area contributed by atoms with E-state index >= 15 is 0 Å². The van der Waals surface area contributed by atoms with Gasteiger partial charge < -0.3 is 19.1 Å². The first kappa shape index (κ1) is 19.9. The molecule has 0 N–H and O–H groups in total. The van der Waals surface area contributed by atoms with Crippen molar-refractivity contribution in [3.63, 3.8) is 0 Å². The van der Waals surface area contributed by atoms with Crippen molar-refractivity contribution in [2.24, 2.45) is 0 Å². The fourth-order valence-electron chi connectivity index (χ4n) is 2.76. The van der Waals surface area contributed by atoms with Gasteiger partial charge in [-0.3, -0.25) is 14.9 Å². The maximum absolute atomic E-state index is 12.5. The SMILES string of the molecule is C=CCN(C(=O)COC(=O)c1cc2c(cc1[N+](=O)[O-])OCCO2)c1ccccc1. The predicted molar refractivity (Wildman–Crippen MR) is 103 cm³/mol. The topological polar surface area (TPSA) is 108 Å². The van der Waals surface area contributed by atoms with E-state index < -0.39 is 29.1 Å². The summed E-state index contributed by atoms with van der Waals surface area (Å²) in [5, 5.41) is 11.3. The zero-order valence-corrected chi connectivity index (χ0v) is 15.4. The lowest BCUT2D eigenvalue weighted by atomic mass is 10.1. The quantitative estimate of drug-likeness (QED) is 0.305. The van der Waals surface area contributed by atoms with Gasteiger partial charge >= 0.3 is 5.97 Å². The molecular weight excluding hydrogens is 380 g/mol. The van der Waals surface area contributed by atoms with Crippen LogP contribution in [0.15, 0.2) is 55.1 Å². The number of para-hydroxylation sites is 1. The Bertz CT molecular complexity index is 943. The lowest BCUT2D eigenvalue weighted by Gasteiger charge is -2.21. The number of carbonyl (C=O) groups is 2. The fourth-order valence-corrected chi connectivity index (χ4v) is 2.76. The lowest BCUT2D eigenvalue weighted by molar-refractivity contribution is -0.385. The van der Waals surface area contributed by atoms with Gasteiger partial charge in [0.2, 0.25) is 0 Å². The molecular formula is C20H18N2O7. The second-order valence-corrected chi connectivity index (χ2v) is 5.97. The number of hydrogen-bond acceptors (Lipinski definition) is 7. The molecule has 150 valence electrons. The molecule has 0 aromatic heterocycles. The van der Waals surface area contributed by atoms with Crippen LogP contribution in [0.25, 0.3) is 0 Å². The molecule has 0 radical (unpaired) electrons. The zero-order chi connectivity index (χ0) is 20.8. The highest BCUT2D eigenvalue weighted by atomic mass is 16.6. The van der Waals surface area contributed by atoms with Crippen molar-refractivity contribution in [3.8, 4) is 11.5 Å². The van der Waals surface area contributed by atoms with Gasteiger partial charge in [0, 0.05) is 18.3 Å². The summed E-state index contributed by atoms with van der Waals surface area (Å²) in [6.45, 7) is 3.75. The van der Waals surface area contributed by atoms with Crippen LogP contribution in [0.3, 0.4) is 0 Å². The largest absolute Gasteiger partial charge is 0.486 e. The van der Waals surface area contributed by atoms with Gasteiger partial charge in [0.15, 0.2) is 18.1 Å². The van der Waals surface area contributed by atoms with E-state index in [-0.39, 0.29) is 36.8 Å². The molecule has 29 heavy (non-hydrogen) atoms. The van der Waals surface area contributed by atoms with E-state index in [1.807, 2.05) is 0 Å². The summed E-state index contributed by atoms with van der Waals surface area (Å²) < 4.78 is 15.7. The van der Waals surface area contributed by atoms with Crippen molar-refractivity contribution >= 4 is 23.3 Å². The number of nitro benzene ring substituents is 1. The number of benzene rings is 2. The number of esters is 1. The highest BCUT2D eigenvalue weighted by Gasteiger charge is 2.28. The molecule has 2 aromatic carbocycles. The van der Waals surface area contributed by atoms with Gasteiger partial charge in [0.05, 0.1) is 11.0 Å². The number of hydrogen-bond donors (Lipinski definition) is 0. The summed E-state index contributed by atoms with van der Waals surface area (Å²) in [6.07, 6.45) is 1.54. The molecule has 1 aliphatic heterocycles. The molecule has 0 bridgehead atoms. The number of nitrogens with zero attached hydrogens (tertiary/aromatic N) is 2. The minimum atomic E-state index is -1.01. The van der Waals surface area contributed by atoms with Crippen molar-refractivity contribution in [2.45, 2.75) is 0 Å². The second kappa shape index (κ2) is 8.87. The Kier molecular flexibility index (Phi) is 6.08. The molecule has 0 fully saturated rings. The van der Waals surface area contributed by atoms with Crippen LogP contribution in [0.5, 0.6) is 11.5 Å². The van der Waals surface area contributed by atoms with Gasteiger partial charge in [0.1, 0.15) is 18.8 Å². The minimum absolute atomic E-state index is 0.178. The van der Waals surface area contributed by atoms with Gasteiger partial charge in [-0.05, 0) is 12.1 Å². The molecule has 9 heteroatoms. The Balaban J connectivity index is 1.77. The number of nitro groups is 1. The van der Waals surface area contributed by atoms with Crippen LogP contribution < -0.4 is 14.4 Å². The first-order valence-corrected chi connectivity index (χ1v) is 8.72. The van der Waals surface area contributed by atoms with Crippen LogP contribution in [-0.4, -0.2) is 43.2 Å². The molecule has 3 rings (SSSR count). The normalized spacial score (nSPS) is 12.0. The van der Waals surface area contributed by atoms with E-state index in [0.29, 0.717) is 5.69 Å². The number of ether oxygens (including phenoxy) is 3. The third-order valence-corrected chi connectivity index (χ3v) is 4.08. The Morgan fingerprint density at radius 3 is 2.45 bits per heavy atom. The van der Waals surface area contributed by atoms with E-state index in [4.69, 9.17) is 14.2 Å². The van der Waals surface area contributed by atoms with Crippen molar-refractivity contribution in [2.75, 3.05) is 31.3 Å². The maximum atomic E-state index is 12.5. The summed E-state index contributed by atoms with van der Waals surface area (Å²) in [4.78, 5) is 37.0. The molecule has 2 aromatic rings. The van der Waals surface area contributed by atoms with Crippen molar-refractivity contribution in [1.82, 2.24) is 0 Å². The van der Waals surface area contributed by atoms with Crippen LogP contribution in [0.2, 0.25) is 0 Å². The summed E-state index contributed by atoms with van der Waals surface area (Å²) in [5.41, 5.74) is -0.196. The van der Waals surface area contributed by atoms with Crippen molar-refractivity contribution < 1.29 is 28.7 Å². The highest BCUT2D eigenvalue weighted by Crippen LogP contribution is 2.36. The Hall–Kier alpha value is -3.88.